The number of amides is 1. The lowest BCUT2D eigenvalue weighted by Crippen LogP contribution is -2.29. The molecule has 0 unspecified atom stereocenters. The Kier molecular flexibility index (Phi) is 6.51. The van der Waals surface area contributed by atoms with Gasteiger partial charge in [0, 0.05) is 26.1 Å². The molecule has 4 rings (SSSR count). The number of aromatic nitrogens is 3. The lowest BCUT2D eigenvalue weighted by atomic mass is 9.98. The Balaban J connectivity index is 1.31. The van der Waals surface area contributed by atoms with Crippen LogP contribution >= 0.6 is 0 Å². The first-order valence-electron chi connectivity index (χ1n) is 11.0. The van der Waals surface area contributed by atoms with Crippen LogP contribution in [0.3, 0.4) is 0 Å². The second-order valence-corrected chi connectivity index (χ2v) is 8.39. The van der Waals surface area contributed by atoms with Gasteiger partial charge in [0.05, 0.1) is 12.1 Å². The van der Waals surface area contributed by atoms with Gasteiger partial charge in [-0.1, -0.05) is 37.3 Å². The van der Waals surface area contributed by atoms with Crippen molar-refractivity contribution in [3.63, 3.8) is 0 Å². The van der Waals surface area contributed by atoms with Crippen molar-refractivity contribution in [1.82, 2.24) is 25.0 Å². The molecule has 0 aliphatic carbocycles. The van der Waals surface area contributed by atoms with Crippen LogP contribution in [0, 0.1) is 13.8 Å². The molecular formula is C24H31N5O2. The third-order valence-corrected chi connectivity index (χ3v) is 6.14. The predicted octanol–water partition coefficient (Wildman–Crippen LogP) is 3.47. The molecule has 1 aromatic carbocycles. The SMILES string of the molecule is Cc1cc(C(=O)NCc2nnc3n2CCN(CC[C@H](C)c2ccccc2)CC3)c(C)o1. The zero-order valence-corrected chi connectivity index (χ0v) is 18.6. The molecular weight excluding hydrogens is 390 g/mol. The standard InChI is InChI=1S/C24H31N5O2/c1-17(20-7-5-4-6-8-20)9-11-28-12-10-22-26-27-23(29(22)14-13-28)16-25-24(30)21-15-18(2)31-19(21)3/h4-8,15,17H,9-14,16H2,1-3H3,(H,25,30)/t17-/m0/s1. The number of carbonyl (C=O) groups excluding carboxylic acids is 1. The molecule has 0 bridgehead atoms. The largest absolute Gasteiger partial charge is 0.466 e. The Bertz CT molecular complexity index is 1020. The molecule has 0 spiro atoms. The van der Waals surface area contributed by atoms with Crippen molar-refractivity contribution in [3.05, 3.63) is 70.7 Å². The van der Waals surface area contributed by atoms with Gasteiger partial charge in [-0.2, -0.15) is 0 Å². The molecule has 1 aliphatic heterocycles. The van der Waals surface area contributed by atoms with Gasteiger partial charge in [-0.3, -0.25) is 4.79 Å². The monoisotopic (exact) mass is 421 g/mol. The lowest BCUT2D eigenvalue weighted by Gasteiger charge is -2.22. The van der Waals surface area contributed by atoms with E-state index in [1.165, 1.54) is 5.56 Å². The minimum atomic E-state index is -0.142. The van der Waals surface area contributed by atoms with Crippen LogP contribution in [0.25, 0.3) is 0 Å². The first-order chi connectivity index (χ1) is 15.0. The Morgan fingerprint density at radius 3 is 2.71 bits per heavy atom. The number of benzene rings is 1. The fourth-order valence-corrected chi connectivity index (χ4v) is 4.22. The summed E-state index contributed by atoms with van der Waals surface area (Å²) < 4.78 is 7.62. The van der Waals surface area contributed by atoms with Crippen LogP contribution in [0.1, 0.15) is 58.4 Å². The molecule has 1 amide bonds. The quantitative estimate of drug-likeness (QED) is 0.632. The van der Waals surface area contributed by atoms with Gasteiger partial charge >= 0.3 is 0 Å². The van der Waals surface area contributed by atoms with Gasteiger partial charge in [-0.15, -0.1) is 10.2 Å². The van der Waals surface area contributed by atoms with Gasteiger partial charge < -0.3 is 19.2 Å². The molecule has 1 atom stereocenters. The molecule has 3 heterocycles. The Hall–Kier alpha value is -2.93. The second-order valence-electron chi connectivity index (χ2n) is 8.39. The van der Waals surface area contributed by atoms with Crippen LogP contribution in [0.15, 0.2) is 40.8 Å². The third kappa shape index (κ3) is 5.05. The minimum absolute atomic E-state index is 0.142. The van der Waals surface area contributed by atoms with Crippen molar-refractivity contribution in [1.29, 1.82) is 0 Å². The van der Waals surface area contributed by atoms with Crippen molar-refractivity contribution in [2.75, 3.05) is 19.6 Å². The molecule has 1 N–H and O–H groups in total. The molecule has 0 radical (unpaired) electrons. The van der Waals surface area contributed by atoms with Crippen molar-refractivity contribution in [3.8, 4) is 0 Å². The maximum atomic E-state index is 12.5. The van der Waals surface area contributed by atoms with Gasteiger partial charge in [0.25, 0.3) is 5.91 Å². The number of aryl methyl sites for hydroxylation is 2. The van der Waals surface area contributed by atoms with E-state index in [4.69, 9.17) is 4.42 Å². The van der Waals surface area contributed by atoms with E-state index in [1.807, 2.05) is 6.92 Å². The summed E-state index contributed by atoms with van der Waals surface area (Å²) in [5, 5.41) is 11.7. The Morgan fingerprint density at radius 2 is 1.97 bits per heavy atom. The first-order valence-corrected chi connectivity index (χ1v) is 11.0. The summed E-state index contributed by atoms with van der Waals surface area (Å²) in [6.07, 6.45) is 2.01. The summed E-state index contributed by atoms with van der Waals surface area (Å²) >= 11 is 0. The molecule has 1 aliphatic rings. The Morgan fingerprint density at radius 1 is 1.16 bits per heavy atom. The number of nitrogens with zero attached hydrogens (tertiary/aromatic N) is 4. The molecule has 3 aromatic rings. The van der Waals surface area contributed by atoms with Crippen LogP contribution in [0.4, 0.5) is 0 Å². The minimum Gasteiger partial charge on any atom is -0.466 e. The highest BCUT2D eigenvalue weighted by Crippen LogP contribution is 2.20. The zero-order chi connectivity index (χ0) is 21.8. The summed E-state index contributed by atoms with van der Waals surface area (Å²) in [7, 11) is 0. The summed E-state index contributed by atoms with van der Waals surface area (Å²) in [6, 6.07) is 12.5. The van der Waals surface area contributed by atoms with E-state index in [0.717, 1.165) is 56.4 Å². The van der Waals surface area contributed by atoms with Crippen molar-refractivity contribution in [2.24, 2.45) is 0 Å². The number of furan rings is 1. The lowest BCUT2D eigenvalue weighted by molar-refractivity contribution is 0.0948. The number of nitrogens with one attached hydrogen (secondary N) is 1. The van der Waals surface area contributed by atoms with Crippen molar-refractivity contribution in [2.45, 2.75) is 52.6 Å². The van der Waals surface area contributed by atoms with Gasteiger partial charge in [0.2, 0.25) is 0 Å². The molecule has 2 aromatic heterocycles. The molecule has 164 valence electrons. The molecule has 7 nitrogen and oxygen atoms in total. The van der Waals surface area contributed by atoms with Crippen LogP contribution in [0.2, 0.25) is 0 Å². The van der Waals surface area contributed by atoms with Gasteiger partial charge in [0.1, 0.15) is 17.3 Å². The summed E-state index contributed by atoms with van der Waals surface area (Å²) in [5.74, 6) is 3.58. The topological polar surface area (TPSA) is 76.2 Å². The van der Waals surface area contributed by atoms with E-state index in [9.17, 15) is 4.79 Å². The molecule has 31 heavy (non-hydrogen) atoms. The van der Waals surface area contributed by atoms with Gasteiger partial charge in [-0.25, -0.2) is 0 Å². The number of carbonyl (C=O) groups is 1. The van der Waals surface area contributed by atoms with Gasteiger partial charge in [0.15, 0.2) is 5.82 Å². The highest BCUT2D eigenvalue weighted by molar-refractivity contribution is 5.95. The van der Waals surface area contributed by atoms with E-state index in [-0.39, 0.29) is 5.91 Å². The van der Waals surface area contributed by atoms with E-state index < -0.39 is 0 Å². The summed E-state index contributed by atoms with van der Waals surface area (Å²) in [5.41, 5.74) is 1.97. The van der Waals surface area contributed by atoms with Crippen molar-refractivity contribution < 1.29 is 9.21 Å². The number of fused-ring (bicyclic) bond motifs is 1. The van der Waals surface area contributed by atoms with Crippen LogP contribution < -0.4 is 5.32 Å². The normalized spacial score (nSPS) is 15.3. The second kappa shape index (κ2) is 9.47. The highest BCUT2D eigenvalue weighted by Gasteiger charge is 2.20. The average Bonchev–Trinajstić information content (AvgIpc) is 3.26. The van der Waals surface area contributed by atoms with E-state index >= 15 is 0 Å². The summed E-state index contributed by atoms with van der Waals surface area (Å²) in [4.78, 5) is 15.0. The van der Waals surface area contributed by atoms with Crippen LogP contribution in [-0.4, -0.2) is 45.2 Å². The molecule has 0 fully saturated rings. The number of rotatable bonds is 7. The van der Waals surface area contributed by atoms with E-state index in [1.54, 1.807) is 13.0 Å². The number of hydrogen-bond donors (Lipinski definition) is 1. The highest BCUT2D eigenvalue weighted by atomic mass is 16.3. The zero-order valence-electron chi connectivity index (χ0n) is 18.6. The Labute approximate surface area is 183 Å². The smallest absolute Gasteiger partial charge is 0.255 e. The fraction of sp³-hybridized carbons (Fsp3) is 0.458. The summed E-state index contributed by atoms with van der Waals surface area (Å²) in [6.45, 7) is 10.2. The van der Waals surface area contributed by atoms with E-state index in [0.29, 0.717) is 23.8 Å². The maximum absolute atomic E-state index is 12.5. The average molecular weight is 422 g/mol. The molecule has 7 heteroatoms. The third-order valence-electron chi connectivity index (χ3n) is 6.14. The predicted molar refractivity (Wildman–Crippen MR) is 119 cm³/mol. The first kappa shape index (κ1) is 21.3. The fourth-order valence-electron chi connectivity index (χ4n) is 4.22. The molecule has 0 saturated carbocycles. The number of hydrogen-bond acceptors (Lipinski definition) is 5. The van der Waals surface area contributed by atoms with Crippen LogP contribution in [-0.2, 0) is 19.5 Å². The van der Waals surface area contributed by atoms with Crippen molar-refractivity contribution >= 4 is 5.91 Å². The van der Waals surface area contributed by atoms with Crippen LogP contribution in [0.5, 0.6) is 0 Å². The van der Waals surface area contributed by atoms with E-state index in [2.05, 4.69) is 62.2 Å². The molecule has 0 saturated heterocycles. The van der Waals surface area contributed by atoms with Gasteiger partial charge in [-0.05, 0) is 44.4 Å². The maximum Gasteiger partial charge on any atom is 0.255 e.